The van der Waals surface area contributed by atoms with Gasteiger partial charge in [0.15, 0.2) is 0 Å². The van der Waals surface area contributed by atoms with Crippen LogP contribution in [0, 0.1) is 15.6 Å². The van der Waals surface area contributed by atoms with E-state index in [1.807, 2.05) is 0 Å². The predicted octanol–water partition coefficient (Wildman–Crippen LogP) is 1.09. The van der Waals surface area contributed by atoms with E-state index in [1.165, 1.54) is 25.2 Å². The van der Waals surface area contributed by atoms with E-state index in [0.717, 1.165) is 0 Å². The highest BCUT2D eigenvalue weighted by Gasteiger charge is 2.16. The maximum atomic E-state index is 11.0. The molecule has 1 aromatic carbocycles. The zero-order chi connectivity index (χ0) is 10.3. The van der Waals surface area contributed by atoms with Crippen LogP contribution in [0.15, 0.2) is 18.2 Å². The minimum Gasteiger partial charge on any atom is -0.758 e. The fourth-order valence-corrected chi connectivity index (χ4v) is 1.16. The molecule has 1 aliphatic heterocycles. The Labute approximate surface area is 79.3 Å². The van der Waals surface area contributed by atoms with Crippen LogP contribution in [-0.2, 0) is 4.94 Å². The Morgan fingerprint density at radius 3 is 2.50 bits per heavy atom. The van der Waals surface area contributed by atoms with E-state index in [4.69, 9.17) is 0 Å². The highest BCUT2D eigenvalue weighted by Crippen LogP contribution is 2.37. The number of fused-ring (bicyclic) bond motifs is 1. The van der Waals surface area contributed by atoms with Crippen molar-refractivity contribution in [3.05, 3.63) is 33.8 Å². The molecule has 1 aliphatic rings. The standard InChI is InChI=1S/C7H6N3O4/c1-8(11)5-2-3-6-7(4-5)10(13)14-9(6)12/h2-4H,1H3/q-3. The zero-order valence-electron chi connectivity index (χ0n) is 7.21. The maximum absolute atomic E-state index is 11.0. The second-order valence-corrected chi connectivity index (χ2v) is 2.77. The van der Waals surface area contributed by atoms with E-state index >= 15 is 0 Å². The van der Waals surface area contributed by atoms with Gasteiger partial charge in [0.1, 0.15) is 0 Å². The molecular formula is C7H6N3O4-3. The lowest BCUT2D eigenvalue weighted by Gasteiger charge is -2.27. The van der Waals surface area contributed by atoms with E-state index in [-0.39, 0.29) is 27.5 Å². The van der Waals surface area contributed by atoms with Crippen molar-refractivity contribution < 1.29 is 4.94 Å². The molecule has 0 aromatic heterocycles. The molecule has 0 radical (unpaired) electrons. The van der Waals surface area contributed by atoms with Crippen molar-refractivity contribution in [1.82, 2.24) is 0 Å². The lowest BCUT2D eigenvalue weighted by Crippen LogP contribution is -2.17. The summed E-state index contributed by atoms with van der Waals surface area (Å²) in [6.07, 6.45) is 0. The zero-order valence-corrected chi connectivity index (χ0v) is 7.21. The number of hydrogen-bond acceptors (Lipinski definition) is 7. The average molecular weight is 196 g/mol. The van der Waals surface area contributed by atoms with Crippen LogP contribution < -0.4 is 15.5 Å². The molecule has 0 atom stereocenters. The molecule has 1 heterocycles. The number of anilines is 3. The van der Waals surface area contributed by atoms with Crippen molar-refractivity contribution in [2.45, 2.75) is 0 Å². The summed E-state index contributed by atoms with van der Waals surface area (Å²) in [5.74, 6) is 0. The van der Waals surface area contributed by atoms with E-state index in [0.29, 0.717) is 5.06 Å². The lowest BCUT2D eigenvalue weighted by molar-refractivity contribution is 0.150. The van der Waals surface area contributed by atoms with Gasteiger partial charge in [-0.05, 0) is 25.2 Å². The van der Waals surface area contributed by atoms with Gasteiger partial charge < -0.3 is 20.7 Å². The first-order chi connectivity index (χ1) is 6.59. The Bertz CT molecular complexity index is 357. The predicted molar refractivity (Wildman–Crippen MR) is 51.0 cm³/mol. The summed E-state index contributed by atoms with van der Waals surface area (Å²) < 4.78 is 0. The summed E-state index contributed by atoms with van der Waals surface area (Å²) in [6, 6.07) is 4.07. The van der Waals surface area contributed by atoms with Crippen LogP contribution in [0.3, 0.4) is 0 Å². The van der Waals surface area contributed by atoms with Crippen LogP contribution in [0.5, 0.6) is 0 Å². The molecule has 7 nitrogen and oxygen atoms in total. The van der Waals surface area contributed by atoms with Crippen molar-refractivity contribution in [1.29, 1.82) is 0 Å². The van der Waals surface area contributed by atoms with E-state index in [1.54, 1.807) is 0 Å². The summed E-state index contributed by atoms with van der Waals surface area (Å²) in [7, 11) is 1.29. The molecule has 76 valence electrons. The average Bonchev–Trinajstić information content (AvgIpc) is 2.42. The Kier molecular flexibility index (Phi) is 1.93. The van der Waals surface area contributed by atoms with Gasteiger partial charge in [0.2, 0.25) is 0 Å². The van der Waals surface area contributed by atoms with Crippen LogP contribution in [-0.4, -0.2) is 7.05 Å². The number of nitrogens with zero attached hydrogens (tertiary/aromatic N) is 3. The molecule has 0 saturated heterocycles. The Morgan fingerprint density at radius 1 is 1.21 bits per heavy atom. The topological polar surface area (TPSA) is 88.1 Å². The van der Waals surface area contributed by atoms with Crippen LogP contribution in [0.1, 0.15) is 0 Å². The van der Waals surface area contributed by atoms with Gasteiger partial charge in [-0.1, -0.05) is 0 Å². The highest BCUT2D eigenvalue weighted by atomic mass is 17.1. The lowest BCUT2D eigenvalue weighted by atomic mass is 10.2. The number of hydrogen-bond donors (Lipinski definition) is 0. The quantitative estimate of drug-likeness (QED) is 0.621. The third-order valence-electron chi connectivity index (χ3n) is 1.86. The second-order valence-electron chi connectivity index (χ2n) is 2.77. The third-order valence-corrected chi connectivity index (χ3v) is 1.86. The Morgan fingerprint density at radius 2 is 1.86 bits per heavy atom. The van der Waals surface area contributed by atoms with Gasteiger partial charge >= 0.3 is 0 Å². The molecule has 0 bridgehead atoms. The smallest absolute Gasteiger partial charge is 0.0804 e. The first kappa shape index (κ1) is 9.03. The minimum atomic E-state index is 0.0280. The molecule has 0 aliphatic carbocycles. The monoisotopic (exact) mass is 196 g/mol. The third kappa shape index (κ3) is 1.24. The number of rotatable bonds is 1. The summed E-state index contributed by atoms with van der Waals surface area (Å²) in [6.45, 7) is 0. The molecule has 0 amide bonds. The molecule has 1 aromatic rings. The molecule has 7 heteroatoms. The Balaban J connectivity index is 2.45. The van der Waals surface area contributed by atoms with E-state index in [2.05, 4.69) is 4.94 Å². The molecular weight excluding hydrogens is 190 g/mol. The normalized spacial score (nSPS) is 14.6. The van der Waals surface area contributed by atoms with Gasteiger partial charge in [-0.15, -0.1) is 0 Å². The number of hydroxylamine groups is 1. The fraction of sp³-hybridized carbons (Fsp3) is 0.143. The van der Waals surface area contributed by atoms with Gasteiger partial charge in [-0.3, -0.25) is 10.5 Å². The summed E-state index contributed by atoms with van der Waals surface area (Å²) >= 11 is 0. The van der Waals surface area contributed by atoms with Crippen molar-refractivity contribution in [2.75, 3.05) is 22.6 Å². The van der Waals surface area contributed by atoms with Crippen LogP contribution in [0.25, 0.3) is 0 Å². The van der Waals surface area contributed by atoms with Gasteiger partial charge in [0.25, 0.3) is 0 Å². The van der Waals surface area contributed by atoms with E-state index in [9.17, 15) is 15.6 Å². The first-order valence-electron chi connectivity index (χ1n) is 3.77. The van der Waals surface area contributed by atoms with Gasteiger partial charge in [-0.2, -0.15) is 4.94 Å². The van der Waals surface area contributed by atoms with E-state index < -0.39 is 0 Å². The van der Waals surface area contributed by atoms with Crippen LogP contribution in [0.2, 0.25) is 0 Å². The van der Waals surface area contributed by atoms with Gasteiger partial charge in [-0.25, -0.2) is 0 Å². The number of benzene rings is 1. The molecule has 0 spiro atoms. The molecule has 0 N–H and O–H groups in total. The summed E-state index contributed by atoms with van der Waals surface area (Å²) in [4.78, 5) is 4.20. The van der Waals surface area contributed by atoms with Crippen molar-refractivity contribution >= 4 is 17.1 Å². The maximum Gasteiger partial charge on any atom is 0.0804 e. The molecule has 0 saturated carbocycles. The minimum absolute atomic E-state index is 0.0280. The van der Waals surface area contributed by atoms with Crippen LogP contribution >= 0.6 is 0 Å². The fourth-order valence-electron chi connectivity index (χ4n) is 1.16. The summed E-state index contributed by atoms with van der Waals surface area (Å²) in [5, 5.41) is 33.5. The van der Waals surface area contributed by atoms with Crippen molar-refractivity contribution in [3.8, 4) is 0 Å². The van der Waals surface area contributed by atoms with Gasteiger partial charge in [0, 0.05) is 5.69 Å². The molecule has 2 rings (SSSR count). The largest absolute Gasteiger partial charge is 0.758 e. The molecule has 14 heavy (non-hydrogen) atoms. The van der Waals surface area contributed by atoms with Gasteiger partial charge in [0.05, 0.1) is 11.4 Å². The SMILES string of the molecule is CN([O-])c1ccc2c(c1)N([O-])ON2[O-]. The Hall–Kier alpha value is -1.54. The van der Waals surface area contributed by atoms with Crippen molar-refractivity contribution in [2.24, 2.45) is 0 Å². The van der Waals surface area contributed by atoms with Crippen LogP contribution in [0.4, 0.5) is 17.1 Å². The summed E-state index contributed by atoms with van der Waals surface area (Å²) in [5.41, 5.74) is 0.398. The second kappa shape index (κ2) is 3.00. The molecule has 0 unspecified atom stereocenters. The molecule has 0 fully saturated rings. The first-order valence-corrected chi connectivity index (χ1v) is 3.77. The highest BCUT2D eigenvalue weighted by molar-refractivity contribution is 5.77. The van der Waals surface area contributed by atoms with Crippen molar-refractivity contribution in [3.63, 3.8) is 0 Å².